The van der Waals surface area contributed by atoms with Crippen molar-refractivity contribution in [1.29, 1.82) is 10.7 Å². The number of nitrogens with one attached hydrogen (secondary N) is 3. The molecule has 41 heavy (non-hydrogen) atoms. The number of rotatable bonds is 8. The summed E-state index contributed by atoms with van der Waals surface area (Å²) in [6.45, 7) is 5.03. The number of benzene rings is 1. The van der Waals surface area contributed by atoms with Gasteiger partial charge in [-0.15, -0.1) is 0 Å². The molecular formula is C29H33F2N7O2S. The number of anilines is 2. The zero-order chi connectivity index (χ0) is 30.1. The number of hydrogen-bond donors (Lipinski definition) is 4. The van der Waals surface area contributed by atoms with Crippen LogP contribution in [0.3, 0.4) is 0 Å². The van der Waals surface area contributed by atoms with Gasteiger partial charge in [0.2, 0.25) is 5.95 Å². The van der Waals surface area contributed by atoms with Gasteiger partial charge in [0, 0.05) is 18.5 Å². The highest BCUT2D eigenvalue weighted by molar-refractivity contribution is 7.91. The number of halogens is 2. The first-order valence-corrected chi connectivity index (χ1v) is 15.0. The number of imidazole rings is 1. The first kappa shape index (κ1) is 30.0. The average Bonchev–Trinajstić information content (AvgIpc) is 3.33. The van der Waals surface area contributed by atoms with E-state index in [0.29, 0.717) is 30.2 Å². The minimum atomic E-state index is -3.27. The Morgan fingerprint density at radius 1 is 1.27 bits per heavy atom. The summed E-state index contributed by atoms with van der Waals surface area (Å²) in [6, 6.07) is 5.56. The van der Waals surface area contributed by atoms with Crippen molar-refractivity contribution in [2.24, 2.45) is 11.7 Å². The summed E-state index contributed by atoms with van der Waals surface area (Å²) in [5.74, 6) is -1.55. The Hall–Kier alpha value is -3.95. The number of sulfone groups is 1. The topological polar surface area (TPSA) is 161 Å². The molecule has 4 unspecified atom stereocenters. The summed E-state index contributed by atoms with van der Waals surface area (Å²) in [4.78, 5) is 11.6. The predicted octanol–water partition coefficient (Wildman–Crippen LogP) is 4.96. The van der Waals surface area contributed by atoms with E-state index >= 15 is 0 Å². The van der Waals surface area contributed by atoms with E-state index in [4.69, 9.17) is 11.1 Å². The zero-order valence-corrected chi connectivity index (χ0v) is 24.1. The molecule has 0 saturated heterocycles. The molecule has 216 valence electrons. The van der Waals surface area contributed by atoms with Crippen molar-refractivity contribution in [3.63, 3.8) is 0 Å². The Morgan fingerprint density at radius 2 is 1.95 bits per heavy atom. The SMILES string of the molecule is CC1CC(c2ccncc2Nc2ncc(/C=C\C(=N)c3c(F)cc(C(C)(C)C#N)cc3F)[nH]2)CC(N)C1S(C)(=O)=O. The van der Waals surface area contributed by atoms with Gasteiger partial charge in [0.1, 0.15) is 11.6 Å². The van der Waals surface area contributed by atoms with Crippen LogP contribution in [0.25, 0.3) is 6.08 Å². The van der Waals surface area contributed by atoms with E-state index in [0.717, 1.165) is 17.7 Å². The third kappa shape index (κ3) is 6.52. The fourth-order valence-corrected chi connectivity index (χ4v) is 7.25. The number of nitrogens with two attached hydrogens (primary N) is 1. The van der Waals surface area contributed by atoms with Crippen LogP contribution < -0.4 is 11.1 Å². The number of aromatic nitrogens is 3. The van der Waals surface area contributed by atoms with Crippen LogP contribution in [0, 0.1) is 34.3 Å². The fraction of sp³-hybridized carbons (Fsp3) is 0.379. The van der Waals surface area contributed by atoms with Crippen LogP contribution in [-0.4, -0.2) is 46.6 Å². The van der Waals surface area contributed by atoms with Gasteiger partial charge >= 0.3 is 0 Å². The third-order valence-electron chi connectivity index (χ3n) is 7.58. The lowest BCUT2D eigenvalue weighted by Crippen LogP contribution is -2.48. The number of aromatic amines is 1. The molecule has 1 fully saturated rings. The Balaban J connectivity index is 1.49. The van der Waals surface area contributed by atoms with Crippen molar-refractivity contribution in [3.8, 4) is 6.07 Å². The quantitative estimate of drug-likeness (QED) is 0.273. The predicted molar refractivity (Wildman–Crippen MR) is 155 cm³/mol. The number of allylic oxidation sites excluding steroid dienone is 1. The van der Waals surface area contributed by atoms with Crippen molar-refractivity contribution in [3.05, 3.63) is 76.9 Å². The minimum absolute atomic E-state index is 0.0215. The Bertz CT molecular complexity index is 1610. The highest BCUT2D eigenvalue weighted by Gasteiger charge is 2.40. The van der Waals surface area contributed by atoms with E-state index in [2.05, 4.69) is 20.3 Å². The number of pyridine rings is 1. The maximum atomic E-state index is 14.7. The van der Waals surface area contributed by atoms with Crippen molar-refractivity contribution in [2.45, 2.75) is 56.2 Å². The molecule has 3 aromatic rings. The highest BCUT2D eigenvalue weighted by Crippen LogP contribution is 2.41. The molecule has 1 aliphatic rings. The van der Waals surface area contributed by atoms with Gasteiger partial charge in [-0.25, -0.2) is 22.2 Å². The molecule has 4 rings (SSSR count). The lowest BCUT2D eigenvalue weighted by Gasteiger charge is -2.38. The maximum absolute atomic E-state index is 14.7. The van der Waals surface area contributed by atoms with Crippen LogP contribution >= 0.6 is 0 Å². The van der Waals surface area contributed by atoms with E-state index in [1.165, 1.54) is 24.6 Å². The van der Waals surface area contributed by atoms with E-state index in [1.54, 1.807) is 26.2 Å². The Kier molecular flexibility index (Phi) is 8.42. The molecule has 1 saturated carbocycles. The summed E-state index contributed by atoms with van der Waals surface area (Å²) < 4.78 is 53.9. The second-order valence-electron chi connectivity index (χ2n) is 11.2. The lowest BCUT2D eigenvalue weighted by atomic mass is 9.76. The summed E-state index contributed by atoms with van der Waals surface area (Å²) >= 11 is 0. The molecule has 1 aromatic carbocycles. The molecule has 2 heterocycles. The van der Waals surface area contributed by atoms with Gasteiger partial charge in [-0.2, -0.15) is 5.26 Å². The lowest BCUT2D eigenvalue weighted by molar-refractivity contribution is 0.309. The smallest absolute Gasteiger partial charge is 0.205 e. The molecular weight excluding hydrogens is 548 g/mol. The van der Waals surface area contributed by atoms with Gasteiger partial charge in [0.15, 0.2) is 9.84 Å². The van der Waals surface area contributed by atoms with E-state index in [-0.39, 0.29) is 23.1 Å². The standard InChI is InChI=1S/C29H33F2N7O2S/c1-16-9-17(10-24(34)27(16)41(4,39)40)20-7-8-35-14-25(20)38-28-36-13-19(37-28)5-6-23(33)26-21(30)11-18(12-22(26)31)29(2,3)15-32/h5-8,11-14,16-17,24,27,33H,9-10,34H2,1-4H3,(H2,36,37,38)/b6-5-,33-23?. The van der Waals surface area contributed by atoms with Crippen molar-refractivity contribution < 1.29 is 17.2 Å². The van der Waals surface area contributed by atoms with Gasteiger partial charge in [-0.1, -0.05) is 6.92 Å². The van der Waals surface area contributed by atoms with Gasteiger partial charge in [-0.3, -0.25) is 4.98 Å². The summed E-state index contributed by atoms with van der Waals surface area (Å²) in [5.41, 5.74) is 6.68. The van der Waals surface area contributed by atoms with Crippen LogP contribution in [0.4, 0.5) is 20.4 Å². The summed E-state index contributed by atoms with van der Waals surface area (Å²) in [6.07, 6.45) is 9.97. The number of hydrogen-bond acceptors (Lipinski definition) is 8. The van der Waals surface area contributed by atoms with Crippen molar-refractivity contribution in [1.82, 2.24) is 15.0 Å². The molecule has 9 nitrogen and oxygen atoms in total. The number of H-pyrrole nitrogens is 1. The molecule has 4 atom stereocenters. The van der Waals surface area contributed by atoms with Gasteiger partial charge in [-0.05, 0) is 80.0 Å². The normalized spacial score (nSPS) is 21.5. The third-order valence-corrected chi connectivity index (χ3v) is 9.38. The van der Waals surface area contributed by atoms with Crippen LogP contribution in [0.15, 0.2) is 42.9 Å². The maximum Gasteiger partial charge on any atom is 0.205 e. The van der Waals surface area contributed by atoms with E-state index < -0.39 is 43.7 Å². The molecule has 2 aromatic heterocycles. The monoisotopic (exact) mass is 581 g/mol. The fourth-order valence-electron chi connectivity index (χ4n) is 5.55. The number of nitriles is 1. The molecule has 0 amide bonds. The van der Waals surface area contributed by atoms with E-state index in [9.17, 15) is 22.5 Å². The van der Waals surface area contributed by atoms with Crippen LogP contribution in [0.2, 0.25) is 0 Å². The molecule has 1 aliphatic carbocycles. The zero-order valence-electron chi connectivity index (χ0n) is 23.2. The Morgan fingerprint density at radius 3 is 2.56 bits per heavy atom. The van der Waals surface area contributed by atoms with E-state index in [1.807, 2.05) is 19.1 Å². The average molecular weight is 582 g/mol. The molecule has 12 heteroatoms. The molecule has 0 radical (unpaired) electrons. The second kappa shape index (κ2) is 11.5. The Labute approximate surface area is 238 Å². The molecule has 5 N–H and O–H groups in total. The van der Waals surface area contributed by atoms with Gasteiger partial charge in [0.25, 0.3) is 0 Å². The van der Waals surface area contributed by atoms with Crippen LogP contribution in [-0.2, 0) is 15.3 Å². The first-order chi connectivity index (χ1) is 19.2. The largest absolute Gasteiger partial charge is 0.326 e. The van der Waals surface area contributed by atoms with Crippen molar-refractivity contribution in [2.75, 3.05) is 11.6 Å². The van der Waals surface area contributed by atoms with Crippen LogP contribution in [0.1, 0.15) is 61.9 Å². The highest BCUT2D eigenvalue weighted by atomic mass is 32.2. The van der Waals surface area contributed by atoms with Crippen LogP contribution in [0.5, 0.6) is 0 Å². The first-order valence-electron chi connectivity index (χ1n) is 13.1. The molecule has 0 bridgehead atoms. The summed E-state index contributed by atoms with van der Waals surface area (Å²) in [5, 5.41) is 20.1. The number of nitrogens with zero attached hydrogens (tertiary/aromatic N) is 3. The summed E-state index contributed by atoms with van der Waals surface area (Å²) in [7, 11) is -3.27. The van der Waals surface area contributed by atoms with Gasteiger partial charge < -0.3 is 21.4 Å². The minimum Gasteiger partial charge on any atom is -0.326 e. The van der Waals surface area contributed by atoms with Gasteiger partial charge in [0.05, 0.1) is 51.8 Å². The van der Waals surface area contributed by atoms with Crippen molar-refractivity contribution >= 4 is 33.3 Å². The molecule has 0 aliphatic heterocycles. The second-order valence-corrected chi connectivity index (χ2v) is 13.4. The molecule has 0 spiro atoms.